The lowest BCUT2D eigenvalue weighted by molar-refractivity contribution is -0.180. The lowest BCUT2D eigenvalue weighted by Crippen LogP contribution is -2.32. The highest BCUT2D eigenvalue weighted by Crippen LogP contribution is 2.36. The van der Waals surface area contributed by atoms with Crippen LogP contribution in [-0.4, -0.2) is 56.0 Å². The SMILES string of the molecule is CCCCCCCCCCCCCCCCCCC1(CCCCCCCCCCCCCCCCCC)OCC(CCN(C)CCCCCC(=O)NCCC(C)C)O1. The second-order valence-electron chi connectivity index (χ2n) is 19.5. The average Bonchev–Trinajstić information content (AvgIpc) is 3.62. The van der Waals surface area contributed by atoms with Crippen LogP contribution in [0.1, 0.15) is 285 Å². The van der Waals surface area contributed by atoms with Gasteiger partial charge in [-0.05, 0) is 58.0 Å². The highest BCUT2D eigenvalue weighted by molar-refractivity contribution is 5.75. The number of carbonyl (C=O) groups excluding carboxylic acids is 1. The molecule has 1 N–H and O–H groups in total. The lowest BCUT2D eigenvalue weighted by atomic mass is 9.98. The Kier molecular flexibility index (Phi) is 39.8. The van der Waals surface area contributed by atoms with Crippen LogP contribution in [0.25, 0.3) is 0 Å². The first-order valence-electron chi connectivity index (χ1n) is 26.7. The first kappa shape index (κ1) is 55.4. The zero-order valence-electron chi connectivity index (χ0n) is 40.4. The molecule has 1 rings (SSSR count). The molecule has 1 aliphatic rings. The summed E-state index contributed by atoms with van der Waals surface area (Å²) in [5.41, 5.74) is 0. The van der Waals surface area contributed by atoms with Gasteiger partial charge in [0.05, 0.1) is 12.7 Å². The molecule has 0 spiro atoms. The molecule has 0 radical (unpaired) electrons. The molecule has 1 fully saturated rings. The van der Waals surface area contributed by atoms with Gasteiger partial charge in [0.2, 0.25) is 5.91 Å². The number of amides is 1. The van der Waals surface area contributed by atoms with Gasteiger partial charge >= 0.3 is 0 Å². The van der Waals surface area contributed by atoms with Crippen molar-refractivity contribution in [3.63, 3.8) is 0 Å². The van der Waals surface area contributed by atoms with Crippen molar-refractivity contribution in [1.82, 2.24) is 10.2 Å². The summed E-state index contributed by atoms with van der Waals surface area (Å²) in [4.78, 5) is 14.5. The van der Waals surface area contributed by atoms with E-state index in [2.05, 4.69) is 45.0 Å². The van der Waals surface area contributed by atoms with Gasteiger partial charge in [-0.2, -0.15) is 0 Å². The van der Waals surface area contributed by atoms with Crippen molar-refractivity contribution in [3.8, 4) is 0 Å². The topological polar surface area (TPSA) is 50.8 Å². The van der Waals surface area contributed by atoms with Crippen molar-refractivity contribution in [3.05, 3.63) is 0 Å². The molecule has 1 heterocycles. The molecule has 0 bridgehead atoms. The van der Waals surface area contributed by atoms with Crippen LogP contribution in [0.15, 0.2) is 0 Å². The van der Waals surface area contributed by atoms with Gasteiger partial charge in [0.15, 0.2) is 5.79 Å². The molecule has 5 heteroatoms. The normalized spacial score (nSPS) is 15.3. The molecule has 346 valence electrons. The van der Waals surface area contributed by atoms with Gasteiger partial charge in [-0.25, -0.2) is 0 Å². The summed E-state index contributed by atoms with van der Waals surface area (Å²) in [6, 6.07) is 0. The first-order chi connectivity index (χ1) is 28.4. The molecular weight excluding hydrogens is 713 g/mol. The third kappa shape index (κ3) is 36.0. The van der Waals surface area contributed by atoms with Gasteiger partial charge in [0.1, 0.15) is 0 Å². The molecule has 0 aromatic carbocycles. The minimum absolute atomic E-state index is 0.218. The van der Waals surface area contributed by atoms with Crippen LogP contribution in [0.3, 0.4) is 0 Å². The predicted octanol–water partition coefficient (Wildman–Crippen LogP) is 16.4. The molecule has 1 aliphatic heterocycles. The number of hydrogen-bond acceptors (Lipinski definition) is 4. The number of unbranched alkanes of at least 4 members (excludes halogenated alkanes) is 32. The summed E-state index contributed by atoms with van der Waals surface area (Å²) in [6.07, 6.45) is 53.5. The number of nitrogens with zero attached hydrogens (tertiary/aromatic N) is 1. The molecule has 0 saturated carbocycles. The molecule has 0 aliphatic carbocycles. The van der Waals surface area contributed by atoms with E-state index in [-0.39, 0.29) is 17.8 Å². The van der Waals surface area contributed by atoms with E-state index in [9.17, 15) is 4.79 Å². The fourth-order valence-corrected chi connectivity index (χ4v) is 8.94. The summed E-state index contributed by atoms with van der Waals surface area (Å²) in [6.45, 7) is 12.7. The monoisotopic (exact) mass is 819 g/mol. The van der Waals surface area contributed by atoms with Crippen LogP contribution in [0, 0.1) is 5.92 Å². The van der Waals surface area contributed by atoms with E-state index in [0.29, 0.717) is 12.3 Å². The largest absolute Gasteiger partial charge is 0.356 e. The number of rotatable bonds is 46. The summed E-state index contributed by atoms with van der Waals surface area (Å²) < 4.78 is 13.5. The van der Waals surface area contributed by atoms with Crippen LogP contribution >= 0.6 is 0 Å². The summed E-state index contributed by atoms with van der Waals surface area (Å²) in [5.74, 6) is 0.515. The molecule has 1 saturated heterocycles. The Morgan fingerprint density at radius 3 is 1.33 bits per heavy atom. The van der Waals surface area contributed by atoms with Crippen LogP contribution in [0.2, 0.25) is 0 Å². The van der Waals surface area contributed by atoms with Crippen molar-refractivity contribution >= 4 is 5.91 Å². The standard InChI is InChI=1S/C53H106N2O3/c1-6-8-10-12-14-16-18-20-22-24-26-28-30-32-34-38-44-53(45-39-35-33-31-29-27-25-23-21-19-17-15-13-11-9-7-2)57-49-51(58-53)43-48-55(5)47-40-36-37-41-52(56)54-46-42-50(3)4/h50-51H,6-49H2,1-5H3,(H,54,56). The number of carbonyl (C=O) groups is 1. The Morgan fingerprint density at radius 1 is 0.552 bits per heavy atom. The third-order valence-corrected chi connectivity index (χ3v) is 13.1. The van der Waals surface area contributed by atoms with Crippen molar-refractivity contribution in [2.45, 2.75) is 296 Å². The highest BCUT2D eigenvalue weighted by Gasteiger charge is 2.40. The molecule has 1 amide bonds. The third-order valence-electron chi connectivity index (χ3n) is 13.1. The molecule has 1 atom stereocenters. The first-order valence-corrected chi connectivity index (χ1v) is 26.7. The van der Waals surface area contributed by atoms with Gasteiger partial charge in [-0.1, -0.05) is 227 Å². The lowest BCUT2D eigenvalue weighted by Gasteiger charge is -2.29. The van der Waals surface area contributed by atoms with Crippen LogP contribution in [0.4, 0.5) is 0 Å². The molecule has 5 nitrogen and oxygen atoms in total. The van der Waals surface area contributed by atoms with E-state index in [1.54, 1.807) is 0 Å². The highest BCUT2D eigenvalue weighted by atomic mass is 16.7. The molecular formula is C53H106N2O3. The number of hydrogen-bond donors (Lipinski definition) is 1. The second kappa shape index (κ2) is 41.7. The van der Waals surface area contributed by atoms with Gasteiger partial charge in [0.25, 0.3) is 0 Å². The van der Waals surface area contributed by atoms with Gasteiger partial charge in [-0.3, -0.25) is 4.79 Å². The second-order valence-corrected chi connectivity index (χ2v) is 19.5. The maximum Gasteiger partial charge on any atom is 0.219 e. The summed E-state index contributed by atoms with van der Waals surface area (Å²) in [7, 11) is 2.24. The van der Waals surface area contributed by atoms with E-state index in [4.69, 9.17) is 9.47 Å². The molecule has 1 unspecified atom stereocenters. The predicted molar refractivity (Wildman–Crippen MR) is 255 cm³/mol. The van der Waals surface area contributed by atoms with E-state index < -0.39 is 0 Å². The summed E-state index contributed by atoms with van der Waals surface area (Å²) >= 11 is 0. The Balaban J connectivity index is 2.28. The van der Waals surface area contributed by atoms with E-state index in [1.165, 1.54) is 205 Å². The van der Waals surface area contributed by atoms with Crippen molar-refractivity contribution in [2.75, 3.05) is 33.3 Å². The zero-order chi connectivity index (χ0) is 42.0. The Morgan fingerprint density at radius 2 is 0.931 bits per heavy atom. The number of ether oxygens (including phenoxy) is 2. The Bertz CT molecular complexity index is 813. The van der Waals surface area contributed by atoms with Crippen LogP contribution in [0.5, 0.6) is 0 Å². The molecule has 58 heavy (non-hydrogen) atoms. The fraction of sp³-hybridized carbons (Fsp3) is 0.981. The quantitative estimate of drug-likeness (QED) is 0.0622. The van der Waals surface area contributed by atoms with Crippen molar-refractivity contribution < 1.29 is 14.3 Å². The van der Waals surface area contributed by atoms with Gasteiger partial charge in [-0.15, -0.1) is 0 Å². The zero-order valence-corrected chi connectivity index (χ0v) is 40.4. The maximum atomic E-state index is 12.1. The van der Waals surface area contributed by atoms with Crippen LogP contribution in [-0.2, 0) is 14.3 Å². The number of nitrogens with one attached hydrogen (secondary N) is 1. The minimum atomic E-state index is -0.342. The molecule has 0 aromatic heterocycles. The van der Waals surface area contributed by atoms with Crippen molar-refractivity contribution in [1.29, 1.82) is 0 Å². The van der Waals surface area contributed by atoms with E-state index in [0.717, 1.165) is 71.2 Å². The smallest absolute Gasteiger partial charge is 0.219 e. The van der Waals surface area contributed by atoms with Crippen molar-refractivity contribution in [2.24, 2.45) is 5.92 Å². The maximum absolute atomic E-state index is 12.1. The Labute approximate surface area is 364 Å². The van der Waals surface area contributed by atoms with Gasteiger partial charge < -0.3 is 19.7 Å². The van der Waals surface area contributed by atoms with E-state index >= 15 is 0 Å². The average molecular weight is 819 g/mol. The molecule has 0 aromatic rings. The minimum Gasteiger partial charge on any atom is -0.356 e. The fourth-order valence-electron chi connectivity index (χ4n) is 8.94. The Hall–Kier alpha value is -0.650. The van der Waals surface area contributed by atoms with Gasteiger partial charge in [0, 0.05) is 32.4 Å². The van der Waals surface area contributed by atoms with E-state index in [1.807, 2.05) is 0 Å². The van der Waals surface area contributed by atoms with Crippen LogP contribution < -0.4 is 5.32 Å². The summed E-state index contributed by atoms with van der Waals surface area (Å²) in [5, 5.41) is 3.08.